The first-order chi connectivity index (χ1) is 9.13. The van der Waals surface area contributed by atoms with Crippen LogP contribution < -0.4 is 10.6 Å². The molecule has 0 aromatic heterocycles. The molecule has 1 aromatic carbocycles. The molecule has 5 heteroatoms. The molecule has 0 bridgehead atoms. The Morgan fingerprint density at radius 1 is 1.26 bits per heavy atom. The van der Waals surface area contributed by atoms with Gasteiger partial charge in [0.05, 0.1) is 6.61 Å². The van der Waals surface area contributed by atoms with Crippen molar-refractivity contribution in [3.05, 3.63) is 30.1 Å². The monoisotopic (exact) mass is 266 g/mol. The van der Waals surface area contributed by atoms with Gasteiger partial charge in [0, 0.05) is 17.6 Å². The molecule has 19 heavy (non-hydrogen) atoms. The summed E-state index contributed by atoms with van der Waals surface area (Å²) in [5.41, 5.74) is 0.378. The molecule has 0 heterocycles. The molecular formula is C14H19FN2O2. The lowest BCUT2D eigenvalue weighted by Crippen LogP contribution is -2.40. The summed E-state index contributed by atoms with van der Waals surface area (Å²) in [6, 6.07) is 5.27. The molecule has 3 N–H and O–H groups in total. The van der Waals surface area contributed by atoms with Crippen LogP contribution in [0.2, 0.25) is 0 Å². The number of hydrogen-bond acceptors (Lipinski definition) is 2. The van der Waals surface area contributed by atoms with E-state index in [1.807, 2.05) is 0 Å². The van der Waals surface area contributed by atoms with Gasteiger partial charge in [0.25, 0.3) is 0 Å². The number of benzene rings is 1. The SMILES string of the molecule is O=C(NCC1(CO)CCCC1)Nc1ccc(F)cc1. The van der Waals surface area contributed by atoms with Crippen molar-refractivity contribution in [1.82, 2.24) is 5.32 Å². The fourth-order valence-electron chi connectivity index (χ4n) is 2.49. The Hall–Kier alpha value is -1.62. The normalized spacial score (nSPS) is 17.2. The van der Waals surface area contributed by atoms with Gasteiger partial charge >= 0.3 is 6.03 Å². The highest BCUT2D eigenvalue weighted by atomic mass is 19.1. The van der Waals surface area contributed by atoms with Gasteiger partial charge in [-0.2, -0.15) is 0 Å². The van der Waals surface area contributed by atoms with Crippen LogP contribution in [0.25, 0.3) is 0 Å². The van der Waals surface area contributed by atoms with Crippen molar-refractivity contribution < 1.29 is 14.3 Å². The zero-order valence-electron chi connectivity index (χ0n) is 10.8. The lowest BCUT2D eigenvalue weighted by atomic mass is 9.87. The Labute approximate surface area is 112 Å². The Morgan fingerprint density at radius 2 is 1.89 bits per heavy atom. The number of urea groups is 1. The summed E-state index contributed by atoms with van der Waals surface area (Å²) in [4.78, 5) is 11.7. The predicted octanol–water partition coefficient (Wildman–Crippen LogP) is 2.50. The van der Waals surface area contributed by atoms with E-state index in [0.717, 1.165) is 25.7 Å². The molecule has 104 valence electrons. The molecule has 1 saturated carbocycles. The van der Waals surface area contributed by atoms with Crippen LogP contribution in [0.3, 0.4) is 0 Å². The summed E-state index contributed by atoms with van der Waals surface area (Å²) >= 11 is 0. The third-order valence-corrected chi connectivity index (χ3v) is 3.73. The Morgan fingerprint density at radius 3 is 2.47 bits per heavy atom. The quantitative estimate of drug-likeness (QED) is 0.784. The average molecular weight is 266 g/mol. The summed E-state index contributed by atoms with van der Waals surface area (Å²) in [5, 5.41) is 14.8. The van der Waals surface area contributed by atoms with Gasteiger partial charge in [-0.15, -0.1) is 0 Å². The summed E-state index contributed by atoms with van der Waals surface area (Å²) in [6.07, 6.45) is 4.09. The average Bonchev–Trinajstić information content (AvgIpc) is 2.89. The smallest absolute Gasteiger partial charge is 0.319 e. The van der Waals surface area contributed by atoms with Crippen molar-refractivity contribution in [2.45, 2.75) is 25.7 Å². The Kier molecular flexibility index (Phi) is 4.37. The maximum atomic E-state index is 12.7. The highest BCUT2D eigenvalue weighted by Gasteiger charge is 2.33. The molecule has 0 spiro atoms. The third kappa shape index (κ3) is 3.67. The van der Waals surface area contributed by atoms with Gasteiger partial charge in [-0.25, -0.2) is 9.18 Å². The van der Waals surface area contributed by atoms with E-state index in [-0.39, 0.29) is 23.9 Å². The number of carbonyl (C=O) groups is 1. The van der Waals surface area contributed by atoms with Crippen LogP contribution in [0, 0.1) is 11.2 Å². The fraction of sp³-hybridized carbons (Fsp3) is 0.500. The van der Waals surface area contributed by atoms with Crippen LogP contribution in [-0.4, -0.2) is 24.3 Å². The molecular weight excluding hydrogens is 247 g/mol. The van der Waals surface area contributed by atoms with Gasteiger partial charge in [-0.1, -0.05) is 12.8 Å². The minimum Gasteiger partial charge on any atom is -0.396 e. The zero-order valence-corrected chi connectivity index (χ0v) is 10.8. The van der Waals surface area contributed by atoms with Gasteiger partial charge in [0.2, 0.25) is 0 Å². The molecule has 2 rings (SSSR count). The largest absolute Gasteiger partial charge is 0.396 e. The summed E-state index contributed by atoms with van der Waals surface area (Å²) in [6.45, 7) is 0.570. The number of halogens is 1. The highest BCUT2D eigenvalue weighted by Crippen LogP contribution is 2.36. The number of nitrogens with one attached hydrogen (secondary N) is 2. The number of aliphatic hydroxyl groups is 1. The Balaban J connectivity index is 1.82. The second-order valence-corrected chi connectivity index (χ2v) is 5.18. The van der Waals surface area contributed by atoms with E-state index in [0.29, 0.717) is 12.2 Å². The van der Waals surface area contributed by atoms with E-state index in [1.165, 1.54) is 24.3 Å². The van der Waals surface area contributed by atoms with E-state index in [1.54, 1.807) is 0 Å². The fourth-order valence-corrected chi connectivity index (χ4v) is 2.49. The number of anilines is 1. The van der Waals surface area contributed by atoms with Crippen LogP contribution in [0.15, 0.2) is 24.3 Å². The van der Waals surface area contributed by atoms with Crippen molar-refractivity contribution in [3.63, 3.8) is 0 Å². The van der Waals surface area contributed by atoms with Crippen LogP contribution in [0.1, 0.15) is 25.7 Å². The second kappa shape index (κ2) is 6.02. The number of carbonyl (C=O) groups excluding carboxylic acids is 1. The van der Waals surface area contributed by atoms with E-state index >= 15 is 0 Å². The topological polar surface area (TPSA) is 61.4 Å². The zero-order chi connectivity index (χ0) is 13.7. The minimum absolute atomic E-state index is 0.101. The van der Waals surface area contributed by atoms with Crippen molar-refractivity contribution in [2.24, 2.45) is 5.41 Å². The first kappa shape index (κ1) is 13.8. The van der Waals surface area contributed by atoms with Crippen molar-refractivity contribution >= 4 is 11.7 Å². The molecule has 0 saturated heterocycles. The first-order valence-corrected chi connectivity index (χ1v) is 6.55. The molecule has 0 atom stereocenters. The van der Waals surface area contributed by atoms with Crippen molar-refractivity contribution in [2.75, 3.05) is 18.5 Å². The molecule has 2 amide bonds. The van der Waals surface area contributed by atoms with Gasteiger partial charge in [-0.3, -0.25) is 0 Å². The maximum absolute atomic E-state index is 12.7. The Bertz CT molecular complexity index is 428. The second-order valence-electron chi connectivity index (χ2n) is 5.18. The maximum Gasteiger partial charge on any atom is 0.319 e. The third-order valence-electron chi connectivity index (χ3n) is 3.73. The molecule has 0 unspecified atom stereocenters. The van der Waals surface area contributed by atoms with Crippen LogP contribution >= 0.6 is 0 Å². The van der Waals surface area contributed by atoms with E-state index in [4.69, 9.17) is 0 Å². The predicted molar refractivity (Wildman–Crippen MR) is 71.4 cm³/mol. The van der Waals surface area contributed by atoms with Gasteiger partial charge in [0.15, 0.2) is 0 Å². The van der Waals surface area contributed by atoms with Crippen LogP contribution in [0.4, 0.5) is 14.9 Å². The van der Waals surface area contributed by atoms with Crippen LogP contribution in [0.5, 0.6) is 0 Å². The molecule has 1 aliphatic rings. The molecule has 1 aromatic rings. The first-order valence-electron chi connectivity index (χ1n) is 6.55. The highest BCUT2D eigenvalue weighted by molar-refractivity contribution is 5.89. The lowest BCUT2D eigenvalue weighted by Gasteiger charge is -2.26. The number of amides is 2. The molecule has 4 nitrogen and oxygen atoms in total. The number of hydrogen-bond donors (Lipinski definition) is 3. The molecule has 0 radical (unpaired) electrons. The van der Waals surface area contributed by atoms with Crippen molar-refractivity contribution in [1.29, 1.82) is 0 Å². The summed E-state index contributed by atoms with van der Waals surface area (Å²) in [7, 11) is 0. The van der Waals surface area contributed by atoms with Gasteiger partial charge in [-0.05, 0) is 37.1 Å². The lowest BCUT2D eigenvalue weighted by molar-refractivity contribution is 0.130. The van der Waals surface area contributed by atoms with Crippen molar-refractivity contribution in [3.8, 4) is 0 Å². The number of aliphatic hydroxyl groups excluding tert-OH is 1. The standard InChI is InChI=1S/C14H19FN2O2/c15-11-3-5-12(6-4-11)17-13(19)16-9-14(10-18)7-1-2-8-14/h3-6,18H,1-2,7-10H2,(H2,16,17,19). The van der Waals surface area contributed by atoms with E-state index < -0.39 is 0 Å². The summed E-state index contributed by atoms with van der Waals surface area (Å²) < 4.78 is 12.7. The van der Waals surface area contributed by atoms with Crippen LogP contribution in [-0.2, 0) is 0 Å². The van der Waals surface area contributed by atoms with Gasteiger partial charge < -0.3 is 15.7 Å². The molecule has 0 aliphatic heterocycles. The molecule has 1 aliphatic carbocycles. The summed E-state index contributed by atoms with van der Waals surface area (Å²) in [5.74, 6) is -0.337. The van der Waals surface area contributed by atoms with E-state index in [9.17, 15) is 14.3 Å². The number of rotatable bonds is 4. The van der Waals surface area contributed by atoms with E-state index in [2.05, 4.69) is 10.6 Å². The minimum atomic E-state index is -0.337. The molecule has 1 fully saturated rings. The van der Waals surface area contributed by atoms with Gasteiger partial charge in [0.1, 0.15) is 5.82 Å².